The molecule has 0 spiro atoms. The second-order valence-electron chi connectivity index (χ2n) is 7.02. The van der Waals surface area contributed by atoms with Gasteiger partial charge in [-0.25, -0.2) is 4.98 Å². The monoisotopic (exact) mass is 348 g/mol. The smallest absolute Gasteiger partial charge is 0.230 e. The van der Waals surface area contributed by atoms with E-state index < -0.39 is 0 Å². The highest BCUT2D eigenvalue weighted by Crippen LogP contribution is 2.22. The fourth-order valence-corrected chi connectivity index (χ4v) is 3.50. The van der Waals surface area contributed by atoms with Crippen LogP contribution in [0.3, 0.4) is 0 Å². The maximum absolute atomic E-state index is 12.3. The first-order valence-corrected chi connectivity index (χ1v) is 9.26. The molecule has 0 aliphatic carbocycles. The molecule has 0 saturated carbocycles. The molecule has 5 heteroatoms. The quantitative estimate of drug-likeness (QED) is 0.780. The minimum absolute atomic E-state index is 0.0455. The fraction of sp³-hybridized carbons (Fsp3) is 0.333. The highest BCUT2D eigenvalue weighted by molar-refractivity contribution is 5.92. The van der Waals surface area contributed by atoms with Crippen molar-refractivity contribution in [2.45, 2.75) is 32.6 Å². The van der Waals surface area contributed by atoms with Gasteiger partial charge in [-0.15, -0.1) is 0 Å². The SMILES string of the molecule is Cc1ccn2cc(CC(=O)Nc3ccc(N4CCCCC4)cc3)nc2c1. The average Bonchev–Trinajstić information content (AvgIpc) is 3.04. The number of aryl methyl sites for hydroxylation is 1. The highest BCUT2D eigenvalue weighted by Gasteiger charge is 2.12. The number of benzene rings is 1. The van der Waals surface area contributed by atoms with Crippen molar-refractivity contribution in [3.63, 3.8) is 0 Å². The van der Waals surface area contributed by atoms with Gasteiger partial charge in [0.1, 0.15) is 5.65 Å². The highest BCUT2D eigenvalue weighted by atomic mass is 16.1. The summed E-state index contributed by atoms with van der Waals surface area (Å²) in [6.07, 6.45) is 8.00. The summed E-state index contributed by atoms with van der Waals surface area (Å²) >= 11 is 0. The number of imidazole rings is 1. The number of aromatic nitrogens is 2. The summed E-state index contributed by atoms with van der Waals surface area (Å²) in [6.45, 7) is 4.28. The van der Waals surface area contributed by atoms with Crippen molar-refractivity contribution in [2.24, 2.45) is 0 Å². The van der Waals surface area contributed by atoms with Crippen LogP contribution in [0.25, 0.3) is 5.65 Å². The Labute approximate surface area is 153 Å². The van der Waals surface area contributed by atoms with E-state index in [1.807, 2.05) is 48.0 Å². The molecule has 1 saturated heterocycles. The zero-order valence-electron chi connectivity index (χ0n) is 15.1. The van der Waals surface area contributed by atoms with Crippen LogP contribution in [0.4, 0.5) is 11.4 Å². The minimum Gasteiger partial charge on any atom is -0.372 e. The summed E-state index contributed by atoms with van der Waals surface area (Å²) in [5.41, 5.74) is 4.87. The van der Waals surface area contributed by atoms with E-state index in [1.165, 1.54) is 24.9 Å². The first kappa shape index (κ1) is 16.6. The molecule has 1 N–H and O–H groups in total. The first-order valence-electron chi connectivity index (χ1n) is 9.26. The van der Waals surface area contributed by atoms with Crippen molar-refractivity contribution >= 4 is 22.9 Å². The molecule has 0 radical (unpaired) electrons. The Hall–Kier alpha value is -2.82. The number of carbonyl (C=O) groups is 1. The number of hydrogen-bond donors (Lipinski definition) is 1. The van der Waals surface area contributed by atoms with E-state index in [0.717, 1.165) is 35.7 Å². The number of nitrogens with zero attached hydrogens (tertiary/aromatic N) is 3. The molecule has 1 aliphatic rings. The molecule has 134 valence electrons. The van der Waals surface area contributed by atoms with Crippen molar-refractivity contribution in [3.05, 3.63) is 60.0 Å². The summed E-state index contributed by atoms with van der Waals surface area (Å²) in [5, 5.41) is 2.97. The van der Waals surface area contributed by atoms with Gasteiger partial charge in [0.15, 0.2) is 0 Å². The largest absolute Gasteiger partial charge is 0.372 e. The van der Waals surface area contributed by atoms with Gasteiger partial charge in [-0.2, -0.15) is 0 Å². The second-order valence-corrected chi connectivity index (χ2v) is 7.02. The molecule has 26 heavy (non-hydrogen) atoms. The van der Waals surface area contributed by atoms with Gasteiger partial charge in [0.2, 0.25) is 5.91 Å². The van der Waals surface area contributed by atoms with E-state index in [9.17, 15) is 4.79 Å². The predicted octanol–water partition coefficient (Wildman–Crippen LogP) is 3.81. The van der Waals surface area contributed by atoms with E-state index in [1.54, 1.807) is 0 Å². The van der Waals surface area contributed by atoms with Crippen molar-refractivity contribution < 1.29 is 4.79 Å². The molecular formula is C21H24N4O. The first-order chi connectivity index (χ1) is 12.7. The molecule has 1 fully saturated rings. The molecule has 5 nitrogen and oxygen atoms in total. The topological polar surface area (TPSA) is 49.6 Å². The Kier molecular flexibility index (Phi) is 4.61. The predicted molar refractivity (Wildman–Crippen MR) is 105 cm³/mol. The lowest BCUT2D eigenvalue weighted by atomic mass is 10.1. The Morgan fingerprint density at radius 1 is 1.12 bits per heavy atom. The van der Waals surface area contributed by atoms with Crippen LogP contribution >= 0.6 is 0 Å². The molecule has 2 aromatic heterocycles. The molecular weight excluding hydrogens is 324 g/mol. The zero-order chi connectivity index (χ0) is 17.9. The van der Waals surface area contributed by atoms with E-state index in [4.69, 9.17) is 0 Å². The molecule has 1 amide bonds. The molecule has 0 bridgehead atoms. The van der Waals surface area contributed by atoms with Crippen LogP contribution in [0.1, 0.15) is 30.5 Å². The van der Waals surface area contributed by atoms with Gasteiger partial charge in [-0.05, 0) is 68.1 Å². The molecule has 3 heterocycles. The van der Waals surface area contributed by atoms with Gasteiger partial charge in [-0.3, -0.25) is 4.79 Å². The molecule has 3 aromatic rings. The lowest BCUT2D eigenvalue weighted by Crippen LogP contribution is -2.29. The minimum atomic E-state index is -0.0455. The summed E-state index contributed by atoms with van der Waals surface area (Å²) in [4.78, 5) is 19.3. The Morgan fingerprint density at radius 2 is 1.88 bits per heavy atom. The van der Waals surface area contributed by atoms with Crippen molar-refractivity contribution in [1.29, 1.82) is 0 Å². The van der Waals surface area contributed by atoms with Gasteiger partial charge in [0.25, 0.3) is 0 Å². The molecule has 1 aromatic carbocycles. The lowest BCUT2D eigenvalue weighted by Gasteiger charge is -2.28. The lowest BCUT2D eigenvalue weighted by molar-refractivity contribution is -0.115. The number of fused-ring (bicyclic) bond motifs is 1. The number of nitrogens with one attached hydrogen (secondary N) is 1. The fourth-order valence-electron chi connectivity index (χ4n) is 3.50. The Balaban J connectivity index is 1.39. The Bertz CT molecular complexity index is 907. The third-order valence-corrected chi connectivity index (χ3v) is 4.88. The van der Waals surface area contributed by atoms with Crippen LogP contribution in [-0.4, -0.2) is 28.4 Å². The number of rotatable bonds is 4. The number of anilines is 2. The second kappa shape index (κ2) is 7.20. The van der Waals surface area contributed by atoms with E-state index in [0.29, 0.717) is 0 Å². The average molecular weight is 348 g/mol. The molecule has 0 atom stereocenters. The van der Waals surface area contributed by atoms with Crippen molar-refractivity contribution in [2.75, 3.05) is 23.3 Å². The summed E-state index contributed by atoms with van der Waals surface area (Å²) < 4.78 is 1.95. The number of carbonyl (C=O) groups excluding carboxylic acids is 1. The van der Waals surface area contributed by atoms with E-state index in [2.05, 4.69) is 27.3 Å². The van der Waals surface area contributed by atoms with Crippen LogP contribution in [0.2, 0.25) is 0 Å². The van der Waals surface area contributed by atoms with Crippen molar-refractivity contribution in [3.8, 4) is 0 Å². The maximum atomic E-state index is 12.3. The third kappa shape index (κ3) is 3.72. The summed E-state index contributed by atoms with van der Waals surface area (Å²) in [5.74, 6) is -0.0455. The summed E-state index contributed by atoms with van der Waals surface area (Å²) in [7, 11) is 0. The molecule has 0 unspecified atom stereocenters. The van der Waals surface area contributed by atoms with Crippen LogP contribution in [0, 0.1) is 6.92 Å². The van der Waals surface area contributed by atoms with Gasteiger partial charge < -0.3 is 14.6 Å². The van der Waals surface area contributed by atoms with E-state index in [-0.39, 0.29) is 12.3 Å². The number of hydrogen-bond acceptors (Lipinski definition) is 3. The van der Waals surface area contributed by atoms with Gasteiger partial charge in [0, 0.05) is 36.9 Å². The van der Waals surface area contributed by atoms with Gasteiger partial charge in [0.05, 0.1) is 12.1 Å². The normalized spacial score (nSPS) is 14.6. The zero-order valence-corrected chi connectivity index (χ0v) is 15.1. The number of pyridine rings is 1. The van der Waals surface area contributed by atoms with E-state index >= 15 is 0 Å². The molecule has 1 aliphatic heterocycles. The van der Waals surface area contributed by atoms with Gasteiger partial charge >= 0.3 is 0 Å². The Morgan fingerprint density at radius 3 is 2.65 bits per heavy atom. The standard InChI is InChI=1S/C21H24N4O/c1-16-9-12-25-15-18(22-20(25)13-16)14-21(26)23-17-5-7-19(8-6-17)24-10-3-2-4-11-24/h5-9,12-13,15H,2-4,10-11,14H2,1H3,(H,23,26). The van der Waals surface area contributed by atoms with Crippen LogP contribution < -0.4 is 10.2 Å². The number of amides is 1. The summed E-state index contributed by atoms with van der Waals surface area (Å²) in [6, 6.07) is 12.2. The van der Waals surface area contributed by atoms with Gasteiger partial charge in [-0.1, -0.05) is 0 Å². The molecule has 4 rings (SSSR count). The van der Waals surface area contributed by atoms with Crippen molar-refractivity contribution in [1.82, 2.24) is 9.38 Å². The van der Waals surface area contributed by atoms with Crippen LogP contribution in [0.15, 0.2) is 48.8 Å². The third-order valence-electron chi connectivity index (χ3n) is 4.88. The van der Waals surface area contributed by atoms with Crippen LogP contribution in [0.5, 0.6) is 0 Å². The number of piperidine rings is 1. The maximum Gasteiger partial charge on any atom is 0.230 e. The van der Waals surface area contributed by atoms with Crippen LogP contribution in [-0.2, 0) is 11.2 Å².